The van der Waals surface area contributed by atoms with Crippen molar-refractivity contribution in [3.05, 3.63) is 65.0 Å². The molecule has 2 N–H and O–H groups in total. The number of benzene rings is 2. The number of hydrogen-bond acceptors (Lipinski definition) is 6. The van der Waals surface area contributed by atoms with Gasteiger partial charge in [0.25, 0.3) is 0 Å². The summed E-state index contributed by atoms with van der Waals surface area (Å²) in [6.07, 6.45) is 0. The molecular weight excluding hydrogens is 434 g/mol. The number of rotatable bonds is 8. The van der Waals surface area contributed by atoms with Gasteiger partial charge in [-0.25, -0.2) is 13.1 Å². The Morgan fingerprint density at radius 1 is 1.03 bits per heavy atom. The molecule has 0 radical (unpaired) electrons. The maximum absolute atomic E-state index is 12.4. The molecule has 0 unspecified atom stereocenters. The van der Waals surface area contributed by atoms with Crippen LogP contribution in [0.1, 0.15) is 22.5 Å². The Bertz CT molecular complexity index is 1190. The van der Waals surface area contributed by atoms with Crippen LogP contribution in [0.25, 0.3) is 0 Å². The first kappa shape index (κ1) is 23.0. The molecule has 3 rings (SSSR count). The van der Waals surface area contributed by atoms with Crippen LogP contribution in [-0.2, 0) is 28.4 Å². The van der Waals surface area contributed by atoms with Gasteiger partial charge in [-0.2, -0.15) is 0 Å². The van der Waals surface area contributed by atoms with Gasteiger partial charge in [0.2, 0.25) is 15.9 Å². The van der Waals surface area contributed by atoms with Gasteiger partial charge in [-0.05, 0) is 50.1 Å². The third-order valence-corrected chi connectivity index (χ3v) is 7.11. The third-order valence-electron chi connectivity index (χ3n) is 4.68. The highest BCUT2D eigenvalue weighted by molar-refractivity contribution is 7.99. The van der Waals surface area contributed by atoms with Crippen LogP contribution < -0.4 is 10.0 Å². The highest BCUT2D eigenvalue weighted by Gasteiger charge is 2.17. The van der Waals surface area contributed by atoms with Crippen molar-refractivity contribution in [2.45, 2.75) is 37.4 Å². The Kier molecular flexibility index (Phi) is 7.14. The predicted molar refractivity (Wildman–Crippen MR) is 121 cm³/mol. The normalized spacial score (nSPS) is 11.5. The molecule has 0 bridgehead atoms. The molecule has 1 amide bonds. The number of anilines is 1. The van der Waals surface area contributed by atoms with E-state index in [9.17, 15) is 13.2 Å². The molecule has 0 atom stereocenters. The van der Waals surface area contributed by atoms with Crippen molar-refractivity contribution in [2.75, 3.05) is 11.1 Å². The van der Waals surface area contributed by atoms with E-state index in [0.29, 0.717) is 11.0 Å². The molecule has 0 aliphatic carbocycles. The van der Waals surface area contributed by atoms with Crippen LogP contribution in [0.3, 0.4) is 0 Å². The summed E-state index contributed by atoms with van der Waals surface area (Å²) in [7, 11) is -1.92. The predicted octanol–water partition coefficient (Wildman–Crippen LogP) is 2.95. The molecule has 0 spiro atoms. The number of nitrogens with one attached hydrogen (secondary N) is 2. The minimum atomic E-state index is -3.65. The summed E-state index contributed by atoms with van der Waals surface area (Å²) in [5.74, 6) is 0.463. The monoisotopic (exact) mass is 459 g/mol. The highest BCUT2D eigenvalue weighted by Crippen LogP contribution is 2.19. The number of carbonyl (C=O) groups excluding carboxylic acids is 1. The summed E-state index contributed by atoms with van der Waals surface area (Å²) in [6, 6.07) is 12.5. The minimum absolute atomic E-state index is 0.00501. The lowest BCUT2D eigenvalue weighted by molar-refractivity contribution is -0.113. The molecule has 164 valence electrons. The van der Waals surface area contributed by atoms with Crippen LogP contribution in [0.5, 0.6) is 0 Å². The average Bonchev–Trinajstić information content (AvgIpc) is 3.07. The van der Waals surface area contributed by atoms with Crippen LogP contribution in [0.4, 0.5) is 5.69 Å². The number of hydrogen-bond donors (Lipinski definition) is 2. The molecule has 1 aromatic heterocycles. The second-order valence-corrected chi connectivity index (χ2v) is 9.96. The fraction of sp³-hybridized carbons (Fsp3) is 0.286. The van der Waals surface area contributed by atoms with E-state index in [2.05, 4.69) is 20.2 Å². The van der Waals surface area contributed by atoms with Crippen LogP contribution in [0.15, 0.2) is 52.5 Å². The van der Waals surface area contributed by atoms with E-state index in [0.717, 1.165) is 22.4 Å². The first-order valence-corrected chi connectivity index (χ1v) is 12.1. The van der Waals surface area contributed by atoms with Crippen LogP contribution in [0.2, 0.25) is 0 Å². The van der Waals surface area contributed by atoms with Gasteiger partial charge in [-0.15, -0.1) is 10.2 Å². The van der Waals surface area contributed by atoms with E-state index < -0.39 is 10.0 Å². The fourth-order valence-electron chi connectivity index (χ4n) is 2.77. The third kappa shape index (κ3) is 5.93. The van der Waals surface area contributed by atoms with Gasteiger partial charge < -0.3 is 9.88 Å². The molecule has 3 aromatic rings. The fourth-order valence-corrected chi connectivity index (χ4v) is 4.48. The number of aromatic nitrogens is 3. The van der Waals surface area contributed by atoms with Crippen LogP contribution >= 0.6 is 11.8 Å². The molecule has 10 heteroatoms. The average molecular weight is 460 g/mol. The van der Waals surface area contributed by atoms with Gasteiger partial charge in [-0.1, -0.05) is 41.6 Å². The number of sulfonamides is 1. The number of nitrogens with zero attached hydrogens (tertiary/aromatic N) is 3. The van der Waals surface area contributed by atoms with Crippen LogP contribution in [-0.4, -0.2) is 34.8 Å². The minimum Gasteiger partial charge on any atom is -0.325 e. The van der Waals surface area contributed by atoms with Crippen LogP contribution in [0, 0.1) is 20.8 Å². The second-order valence-electron chi connectivity index (χ2n) is 7.25. The van der Waals surface area contributed by atoms with Gasteiger partial charge >= 0.3 is 0 Å². The number of carbonyl (C=O) groups is 1. The van der Waals surface area contributed by atoms with Gasteiger partial charge in [0.15, 0.2) is 5.16 Å². The molecular formula is C21H25N5O3S2. The van der Waals surface area contributed by atoms with E-state index in [1.54, 1.807) is 35.9 Å². The van der Waals surface area contributed by atoms with Gasteiger partial charge in [0.1, 0.15) is 5.82 Å². The summed E-state index contributed by atoms with van der Waals surface area (Å²) in [6.45, 7) is 5.80. The zero-order valence-electron chi connectivity index (χ0n) is 17.8. The summed E-state index contributed by atoms with van der Waals surface area (Å²) >= 11 is 1.24. The maximum atomic E-state index is 12.4. The first-order valence-electron chi connectivity index (χ1n) is 9.60. The van der Waals surface area contributed by atoms with Gasteiger partial charge in [0.05, 0.1) is 17.2 Å². The van der Waals surface area contributed by atoms with E-state index in [-0.39, 0.29) is 23.1 Å². The quantitative estimate of drug-likeness (QED) is 0.502. The Hall–Kier alpha value is -2.69. The summed E-state index contributed by atoms with van der Waals surface area (Å²) in [5, 5.41) is 11.6. The topological polar surface area (TPSA) is 106 Å². The smallest absolute Gasteiger partial charge is 0.240 e. The number of thioether (sulfide) groups is 1. The van der Waals surface area contributed by atoms with Crippen molar-refractivity contribution >= 4 is 33.4 Å². The molecule has 1 heterocycles. The Morgan fingerprint density at radius 3 is 2.42 bits per heavy atom. The number of aryl methyl sites for hydroxylation is 3. The van der Waals surface area contributed by atoms with E-state index in [1.165, 1.54) is 11.8 Å². The van der Waals surface area contributed by atoms with Crippen molar-refractivity contribution in [3.63, 3.8) is 0 Å². The molecule has 0 aliphatic rings. The maximum Gasteiger partial charge on any atom is 0.240 e. The highest BCUT2D eigenvalue weighted by atomic mass is 32.2. The van der Waals surface area contributed by atoms with Gasteiger partial charge in [0, 0.05) is 12.7 Å². The zero-order chi connectivity index (χ0) is 22.6. The van der Waals surface area contributed by atoms with E-state index in [4.69, 9.17) is 0 Å². The molecule has 0 saturated carbocycles. The molecule has 0 aliphatic heterocycles. The molecule has 0 saturated heterocycles. The standard InChI is InChI=1S/C21H25N5O3S2/c1-14-6-9-17(10-7-14)31(28,29)22-12-19-24-25-21(26(19)4)30-13-20(27)23-18-11-15(2)5-8-16(18)3/h5-11,22H,12-13H2,1-4H3,(H,23,27). The van der Waals surface area contributed by atoms with E-state index >= 15 is 0 Å². The van der Waals surface area contributed by atoms with E-state index in [1.807, 2.05) is 39.0 Å². The Balaban J connectivity index is 1.58. The largest absolute Gasteiger partial charge is 0.325 e. The molecule has 31 heavy (non-hydrogen) atoms. The summed E-state index contributed by atoms with van der Waals surface area (Å²) in [4.78, 5) is 12.5. The number of amides is 1. The molecule has 0 fully saturated rings. The zero-order valence-corrected chi connectivity index (χ0v) is 19.5. The van der Waals surface area contributed by atoms with Gasteiger partial charge in [-0.3, -0.25) is 4.79 Å². The first-order chi connectivity index (χ1) is 14.7. The summed E-state index contributed by atoms with van der Waals surface area (Å²) < 4.78 is 29.1. The van der Waals surface area contributed by atoms with Crippen molar-refractivity contribution in [1.82, 2.24) is 19.5 Å². The molecule has 8 nitrogen and oxygen atoms in total. The second kappa shape index (κ2) is 9.63. The molecule has 2 aromatic carbocycles. The van der Waals surface area contributed by atoms with Crippen molar-refractivity contribution < 1.29 is 13.2 Å². The van der Waals surface area contributed by atoms with Crippen molar-refractivity contribution in [2.24, 2.45) is 7.05 Å². The lowest BCUT2D eigenvalue weighted by atomic mass is 10.1. The lowest BCUT2D eigenvalue weighted by Crippen LogP contribution is -2.24. The van der Waals surface area contributed by atoms with Crippen molar-refractivity contribution in [3.8, 4) is 0 Å². The Labute approximate surface area is 186 Å². The SMILES string of the molecule is Cc1ccc(S(=O)(=O)NCc2nnc(SCC(=O)Nc3cc(C)ccc3C)n2C)cc1. The Morgan fingerprint density at radius 2 is 1.71 bits per heavy atom. The summed E-state index contributed by atoms with van der Waals surface area (Å²) in [5.41, 5.74) is 3.83. The van der Waals surface area contributed by atoms with Crippen molar-refractivity contribution in [1.29, 1.82) is 0 Å². The lowest BCUT2D eigenvalue weighted by Gasteiger charge is -2.09.